The van der Waals surface area contributed by atoms with Crippen LogP contribution in [-0.2, 0) is 9.09 Å². The van der Waals surface area contributed by atoms with Gasteiger partial charge in [0.2, 0.25) is 0 Å². The molecule has 2 saturated heterocycles. The second-order valence-corrected chi connectivity index (χ2v) is 12.7. The predicted molar refractivity (Wildman–Crippen MR) is 130 cm³/mol. The second kappa shape index (κ2) is 8.03. The molecule has 4 rings (SSSR count). The van der Waals surface area contributed by atoms with Gasteiger partial charge in [0.05, 0.1) is 16.2 Å². The third kappa shape index (κ3) is 4.32. The molecule has 0 aromatic heterocycles. The number of rotatable bonds is 5. The number of anilines is 2. The lowest BCUT2D eigenvalue weighted by Gasteiger charge is -2.36. The van der Waals surface area contributed by atoms with Gasteiger partial charge in [-0.05, 0) is 102 Å². The highest BCUT2D eigenvalue weighted by molar-refractivity contribution is 9.11. The minimum absolute atomic E-state index is 0.562. The van der Waals surface area contributed by atoms with Crippen molar-refractivity contribution in [2.24, 2.45) is 0 Å². The van der Waals surface area contributed by atoms with Gasteiger partial charge in [-0.25, -0.2) is 0 Å². The Morgan fingerprint density at radius 2 is 1.24 bits per heavy atom. The predicted octanol–water partition coefficient (Wildman–Crippen LogP) is 5.68. The Kier molecular flexibility index (Phi) is 5.93. The molecule has 2 aliphatic heterocycles. The van der Waals surface area contributed by atoms with E-state index in [1.807, 2.05) is 45.0 Å². The maximum atomic E-state index is 14.7. The molecule has 0 aliphatic carbocycles. The van der Waals surface area contributed by atoms with Crippen molar-refractivity contribution in [3.8, 4) is 0 Å². The summed E-state index contributed by atoms with van der Waals surface area (Å²) in [5.41, 5.74) is 1.64. The normalized spacial score (nSPS) is 17.1. The van der Waals surface area contributed by atoms with Crippen LogP contribution in [0.1, 0.15) is 33.6 Å². The van der Waals surface area contributed by atoms with E-state index in [1.54, 1.807) is 0 Å². The van der Waals surface area contributed by atoms with E-state index in [1.165, 1.54) is 12.8 Å². The molecule has 2 aromatic rings. The summed E-state index contributed by atoms with van der Waals surface area (Å²) < 4.78 is 22.7. The summed E-state index contributed by atoms with van der Waals surface area (Å²) in [6.07, 6.45) is 2.40. The van der Waals surface area contributed by atoms with Crippen LogP contribution in [0.4, 0.5) is 11.4 Å². The van der Waals surface area contributed by atoms with E-state index < -0.39 is 13.0 Å². The van der Waals surface area contributed by atoms with E-state index in [0.29, 0.717) is 0 Å². The van der Waals surface area contributed by atoms with Crippen LogP contribution < -0.4 is 20.4 Å². The molecular weight excluding hydrogens is 515 g/mol. The molecule has 2 heterocycles. The number of hydrogen-bond acceptors (Lipinski definition) is 4. The molecule has 2 aromatic carbocycles. The van der Waals surface area contributed by atoms with Crippen LogP contribution in [0, 0.1) is 0 Å². The zero-order valence-corrected chi connectivity index (χ0v) is 21.2. The van der Waals surface area contributed by atoms with Crippen molar-refractivity contribution in [3.63, 3.8) is 0 Å². The van der Waals surface area contributed by atoms with Crippen molar-refractivity contribution in [2.75, 3.05) is 36.0 Å². The molecule has 0 spiro atoms. The second-order valence-electron chi connectivity index (χ2n) is 8.71. The van der Waals surface area contributed by atoms with Crippen molar-refractivity contribution >= 4 is 61.2 Å². The number of hydrogen-bond donors (Lipinski definition) is 0. The van der Waals surface area contributed by atoms with Gasteiger partial charge in [-0.15, -0.1) is 0 Å². The van der Waals surface area contributed by atoms with Crippen molar-refractivity contribution in [3.05, 3.63) is 45.3 Å². The molecule has 7 heteroatoms. The smallest absolute Gasteiger partial charge is 0.264 e. The van der Waals surface area contributed by atoms with E-state index in [-0.39, 0.29) is 0 Å². The zero-order valence-electron chi connectivity index (χ0n) is 17.1. The van der Waals surface area contributed by atoms with Crippen LogP contribution in [0.15, 0.2) is 45.3 Å². The fourth-order valence-electron chi connectivity index (χ4n) is 3.61. The van der Waals surface area contributed by atoms with Gasteiger partial charge in [0.15, 0.2) is 0 Å². The first kappa shape index (κ1) is 21.4. The molecule has 2 fully saturated rings. The van der Waals surface area contributed by atoms with Crippen LogP contribution in [0.3, 0.4) is 0 Å². The van der Waals surface area contributed by atoms with Crippen LogP contribution in [0.25, 0.3) is 0 Å². The topological polar surface area (TPSA) is 32.8 Å². The third-order valence-corrected chi connectivity index (χ3v) is 10.1. The van der Waals surface area contributed by atoms with Crippen molar-refractivity contribution < 1.29 is 9.09 Å². The lowest BCUT2D eigenvalue weighted by molar-refractivity contribution is 0.141. The van der Waals surface area contributed by atoms with Gasteiger partial charge in [-0.2, -0.15) is 0 Å². The Morgan fingerprint density at radius 3 is 1.55 bits per heavy atom. The van der Waals surface area contributed by atoms with Crippen molar-refractivity contribution in [1.82, 2.24) is 0 Å². The van der Waals surface area contributed by atoms with Crippen molar-refractivity contribution in [1.29, 1.82) is 0 Å². The maximum absolute atomic E-state index is 14.7. The lowest BCUT2D eigenvalue weighted by atomic mass is 10.2. The number of benzene rings is 2. The first-order chi connectivity index (χ1) is 13.7. The summed E-state index contributed by atoms with van der Waals surface area (Å²) in [7, 11) is -3.37. The SMILES string of the molecule is CC(C)(C)OP(=O)(c1cc(N2CCC2)ccc1Br)c1cc(N2CCC2)ccc1Br. The fraction of sp³-hybridized carbons (Fsp3) is 0.455. The highest BCUT2D eigenvalue weighted by Crippen LogP contribution is 2.52. The van der Waals surface area contributed by atoms with Gasteiger partial charge in [0, 0.05) is 46.5 Å². The zero-order chi connectivity index (χ0) is 20.8. The summed E-state index contributed by atoms with van der Waals surface area (Å²) >= 11 is 7.32. The van der Waals surface area contributed by atoms with Crippen LogP contribution in [0.5, 0.6) is 0 Å². The van der Waals surface area contributed by atoms with E-state index in [4.69, 9.17) is 4.52 Å². The summed E-state index contributed by atoms with van der Waals surface area (Å²) in [5.74, 6) is 0. The van der Waals surface area contributed by atoms with E-state index in [0.717, 1.165) is 57.1 Å². The molecule has 0 unspecified atom stereocenters. The molecule has 0 N–H and O–H groups in total. The average molecular weight is 542 g/mol. The van der Waals surface area contributed by atoms with E-state index >= 15 is 0 Å². The number of nitrogens with zero attached hydrogens (tertiary/aromatic N) is 2. The molecule has 2 aliphatic rings. The Morgan fingerprint density at radius 1 is 0.828 bits per heavy atom. The highest BCUT2D eigenvalue weighted by Gasteiger charge is 2.38. The van der Waals surface area contributed by atoms with E-state index in [9.17, 15) is 4.57 Å². The Bertz CT molecular complexity index is 898. The molecule has 0 atom stereocenters. The minimum Gasteiger partial charge on any atom is -0.371 e. The quantitative estimate of drug-likeness (QED) is 0.456. The van der Waals surface area contributed by atoms with Gasteiger partial charge in [-0.3, -0.25) is 4.57 Å². The molecular formula is C22H27Br2N2O2P. The van der Waals surface area contributed by atoms with Gasteiger partial charge < -0.3 is 14.3 Å². The molecule has 0 bridgehead atoms. The molecule has 0 saturated carbocycles. The largest absolute Gasteiger partial charge is 0.371 e. The molecule has 29 heavy (non-hydrogen) atoms. The minimum atomic E-state index is -3.37. The van der Waals surface area contributed by atoms with Gasteiger partial charge >= 0.3 is 0 Å². The molecule has 4 nitrogen and oxygen atoms in total. The standard InChI is InChI=1S/C22H27Br2N2O2P/c1-22(2,3)28-29(27,20-14-16(6-8-18(20)23)25-10-4-11-25)21-15-17(7-9-19(21)24)26-12-5-13-26/h6-9,14-15H,4-5,10-13H2,1-3H3. The Labute approximate surface area is 190 Å². The average Bonchev–Trinajstić information content (AvgIpc) is 2.53. The molecule has 0 amide bonds. The third-order valence-electron chi connectivity index (χ3n) is 5.34. The van der Waals surface area contributed by atoms with Gasteiger partial charge in [0.25, 0.3) is 7.37 Å². The van der Waals surface area contributed by atoms with Crippen LogP contribution in [0.2, 0.25) is 0 Å². The maximum Gasteiger partial charge on any atom is 0.264 e. The molecule has 0 radical (unpaired) electrons. The summed E-state index contributed by atoms with van der Waals surface area (Å²) in [4.78, 5) is 4.62. The summed E-state index contributed by atoms with van der Waals surface area (Å²) in [5, 5.41) is 1.44. The van der Waals surface area contributed by atoms with Gasteiger partial charge in [0.1, 0.15) is 0 Å². The van der Waals surface area contributed by atoms with Crippen molar-refractivity contribution in [2.45, 2.75) is 39.2 Å². The number of halogens is 2. The monoisotopic (exact) mass is 540 g/mol. The first-order valence-corrected chi connectivity index (χ1v) is 13.3. The van der Waals surface area contributed by atoms with Gasteiger partial charge in [-0.1, -0.05) is 0 Å². The Balaban J connectivity index is 1.87. The lowest BCUT2D eigenvalue weighted by Crippen LogP contribution is -2.38. The highest BCUT2D eigenvalue weighted by atomic mass is 79.9. The first-order valence-electron chi connectivity index (χ1n) is 10.1. The summed E-state index contributed by atoms with van der Waals surface area (Å²) in [6.45, 7) is 10.0. The fourth-order valence-corrected chi connectivity index (χ4v) is 8.05. The van der Waals surface area contributed by atoms with Crippen LogP contribution in [-0.4, -0.2) is 31.8 Å². The van der Waals surface area contributed by atoms with Crippen LogP contribution >= 0.6 is 39.2 Å². The van der Waals surface area contributed by atoms with E-state index in [2.05, 4.69) is 53.8 Å². The summed E-state index contributed by atoms with van der Waals surface area (Å²) in [6, 6.07) is 12.2. The molecule has 156 valence electrons. The Hall–Kier alpha value is -0.810.